The molecule has 0 bridgehead atoms. The van der Waals surface area contributed by atoms with E-state index in [-0.39, 0.29) is 17.5 Å². The SMILES string of the molecule is CN=C(NCCNc1ccccc1[N+](=O)[O-])NC(C)CCS(C)(=O)=O. The number of guanidine groups is 1. The van der Waals surface area contributed by atoms with Crippen LogP contribution in [0.4, 0.5) is 11.4 Å². The van der Waals surface area contributed by atoms with Gasteiger partial charge in [-0.2, -0.15) is 0 Å². The second-order valence-corrected chi connectivity index (χ2v) is 7.92. The molecule has 0 aliphatic heterocycles. The number of hydrogen-bond donors (Lipinski definition) is 3. The number of benzene rings is 1. The molecule has 0 heterocycles. The van der Waals surface area contributed by atoms with Crippen LogP contribution in [0.5, 0.6) is 0 Å². The fourth-order valence-corrected chi connectivity index (χ4v) is 2.83. The van der Waals surface area contributed by atoms with Crippen molar-refractivity contribution in [3.63, 3.8) is 0 Å². The van der Waals surface area contributed by atoms with E-state index in [2.05, 4.69) is 20.9 Å². The number of hydrogen-bond acceptors (Lipinski definition) is 6. The summed E-state index contributed by atoms with van der Waals surface area (Å²) >= 11 is 0. The molecule has 1 rings (SSSR count). The van der Waals surface area contributed by atoms with Gasteiger partial charge < -0.3 is 16.0 Å². The van der Waals surface area contributed by atoms with E-state index in [1.54, 1.807) is 25.2 Å². The molecule has 0 saturated carbocycles. The van der Waals surface area contributed by atoms with E-state index >= 15 is 0 Å². The van der Waals surface area contributed by atoms with Crippen molar-refractivity contribution < 1.29 is 13.3 Å². The largest absolute Gasteiger partial charge is 0.378 e. The van der Waals surface area contributed by atoms with Crippen LogP contribution in [-0.2, 0) is 9.84 Å². The Bertz CT molecular complexity index is 706. The number of sulfone groups is 1. The fourth-order valence-electron chi connectivity index (χ4n) is 2.05. The molecule has 140 valence electrons. The first-order valence-corrected chi connectivity index (χ1v) is 9.91. The molecule has 1 aromatic carbocycles. The van der Waals surface area contributed by atoms with Crippen LogP contribution in [0.15, 0.2) is 29.3 Å². The standard InChI is InChI=1S/C15H25N5O4S/c1-12(8-11-25(3,23)24)19-15(16-2)18-10-9-17-13-6-4-5-7-14(13)20(21)22/h4-7,12,17H,8-11H2,1-3H3,(H2,16,18,19). The lowest BCUT2D eigenvalue weighted by molar-refractivity contribution is -0.384. The Hall–Kier alpha value is -2.36. The number of rotatable bonds is 9. The summed E-state index contributed by atoms with van der Waals surface area (Å²) < 4.78 is 22.4. The second-order valence-electron chi connectivity index (χ2n) is 5.66. The summed E-state index contributed by atoms with van der Waals surface area (Å²) in [5, 5.41) is 20.1. The highest BCUT2D eigenvalue weighted by Crippen LogP contribution is 2.22. The number of nitrogens with one attached hydrogen (secondary N) is 3. The third-order valence-corrected chi connectivity index (χ3v) is 4.34. The lowest BCUT2D eigenvalue weighted by atomic mass is 10.2. The Labute approximate surface area is 148 Å². The summed E-state index contributed by atoms with van der Waals surface area (Å²) in [6.07, 6.45) is 1.69. The first-order valence-electron chi connectivity index (χ1n) is 7.85. The lowest BCUT2D eigenvalue weighted by Gasteiger charge is -2.17. The second kappa shape index (κ2) is 9.82. The number of nitrogens with zero attached hydrogens (tertiary/aromatic N) is 2. The molecule has 0 fully saturated rings. The van der Waals surface area contributed by atoms with Gasteiger partial charge in [0, 0.05) is 38.5 Å². The van der Waals surface area contributed by atoms with Gasteiger partial charge in [-0.15, -0.1) is 0 Å². The summed E-state index contributed by atoms with van der Waals surface area (Å²) in [7, 11) is -1.37. The van der Waals surface area contributed by atoms with Crippen LogP contribution in [0.2, 0.25) is 0 Å². The highest BCUT2D eigenvalue weighted by Gasteiger charge is 2.12. The molecule has 1 unspecified atom stereocenters. The van der Waals surface area contributed by atoms with Gasteiger partial charge in [0.25, 0.3) is 5.69 Å². The highest BCUT2D eigenvalue weighted by atomic mass is 32.2. The van der Waals surface area contributed by atoms with Gasteiger partial charge in [-0.05, 0) is 19.4 Å². The van der Waals surface area contributed by atoms with Crippen molar-refractivity contribution in [3.05, 3.63) is 34.4 Å². The molecule has 0 amide bonds. The third-order valence-electron chi connectivity index (χ3n) is 3.36. The zero-order valence-electron chi connectivity index (χ0n) is 14.7. The molecule has 25 heavy (non-hydrogen) atoms. The summed E-state index contributed by atoms with van der Waals surface area (Å²) in [6.45, 7) is 2.83. The minimum absolute atomic E-state index is 0.0272. The lowest BCUT2D eigenvalue weighted by Crippen LogP contribution is -2.44. The van der Waals surface area contributed by atoms with Crippen LogP contribution >= 0.6 is 0 Å². The topological polar surface area (TPSA) is 126 Å². The van der Waals surface area contributed by atoms with Crippen LogP contribution < -0.4 is 16.0 Å². The Morgan fingerprint density at radius 1 is 1.32 bits per heavy atom. The average molecular weight is 371 g/mol. The van der Waals surface area contributed by atoms with Gasteiger partial charge >= 0.3 is 0 Å². The summed E-state index contributed by atoms with van der Waals surface area (Å²) in [5.74, 6) is 0.655. The molecule has 1 aromatic rings. The van der Waals surface area contributed by atoms with Gasteiger partial charge in [0.1, 0.15) is 15.5 Å². The molecule has 3 N–H and O–H groups in total. The van der Waals surface area contributed by atoms with Crippen LogP contribution in [0.25, 0.3) is 0 Å². The number of nitro benzene ring substituents is 1. The monoisotopic (exact) mass is 371 g/mol. The van der Waals surface area contributed by atoms with Gasteiger partial charge in [-0.3, -0.25) is 15.1 Å². The zero-order valence-corrected chi connectivity index (χ0v) is 15.5. The van der Waals surface area contributed by atoms with E-state index in [1.165, 1.54) is 12.3 Å². The summed E-state index contributed by atoms with van der Waals surface area (Å²) in [4.78, 5) is 14.6. The van der Waals surface area contributed by atoms with E-state index in [0.717, 1.165) is 0 Å². The van der Waals surface area contributed by atoms with E-state index in [0.29, 0.717) is 31.2 Å². The molecule has 0 radical (unpaired) electrons. The maximum absolute atomic E-state index is 11.2. The first-order chi connectivity index (χ1) is 11.7. The van der Waals surface area contributed by atoms with Crippen LogP contribution in [0, 0.1) is 10.1 Å². The maximum Gasteiger partial charge on any atom is 0.292 e. The quantitative estimate of drug-likeness (QED) is 0.194. The van der Waals surface area contributed by atoms with Crippen molar-refractivity contribution in [2.45, 2.75) is 19.4 Å². The Balaban J connectivity index is 2.40. The van der Waals surface area contributed by atoms with Gasteiger partial charge in [0.05, 0.1) is 10.7 Å². The van der Waals surface area contributed by atoms with Crippen molar-refractivity contribution in [2.75, 3.05) is 37.5 Å². The molecule has 0 aromatic heterocycles. The van der Waals surface area contributed by atoms with Crippen LogP contribution in [0.3, 0.4) is 0 Å². The van der Waals surface area contributed by atoms with Gasteiger partial charge in [-0.25, -0.2) is 8.42 Å². The Morgan fingerprint density at radius 3 is 2.60 bits per heavy atom. The number of aliphatic imine (C=N–C) groups is 1. The van der Waals surface area contributed by atoms with E-state index in [1.807, 2.05) is 6.92 Å². The van der Waals surface area contributed by atoms with Gasteiger partial charge in [0.2, 0.25) is 0 Å². The molecule has 0 aliphatic carbocycles. The van der Waals surface area contributed by atoms with Gasteiger partial charge in [-0.1, -0.05) is 12.1 Å². The summed E-state index contributed by atoms with van der Waals surface area (Å²) in [6, 6.07) is 6.39. The van der Waals surface area contributed by atoms with E-state index < -0.39 is 14.8 Å². The molecular formula is C15H25N5O4S. The molecule has 0 spiro atoms. The molecule has 0 aliphatic rings. The predicted molar refractivity (Wildman–Crippen MR) is 99.9 cm³/mol. The average Bonchev–Trinajstić information content (AvgIpc) is 2.55. The van der Waals surface area contributed by atoms with E-state index in [4.69, 9.17) is 0 Å². The van der Waals surface area contributed by atoms with Crippen molar-refractivity contribution >= 4 is 27.2 Å². The molecule has 0 saturated heterocycles. The van der Waals surface area contributed by atoms with Crippen molar-refractivity contribution in [2.24, 2.45) is 4.99 Å². The van der Waals surface area contributed by atoms with Gasteiger partial charge in [0.15, 0.2) is 5.96 Å². The highest BCUT2D eigenvalue weighted by molar-refractivity contribution is 7.90. The molecule has 1 atom stereocenters. The van der Waals surface area contributed by atoms with E-state index in [9.17, 15) is 18.5 Å². The Kier molecular flexibility index (Phi) is 8.12. The molecule has 10 heteroatoms. The summed E-state index contributed by atoms with van der Waals surface area (Å²) in [5.41, 5.74) is 0.484. The minimum atomic E-state index is -2.99. The molecule has 9 nitrogen and oxygen atoms in total. The maximum atomic E-state index is 11.2. The first kappa shape index (κ1) is 20.7. The number of anilines is 1. The molecular weight excluding hydrogens is 346 g/mol. The number of para-hydroxylation sites is 2. The Morgan fingerprint density at radius 2 is 2.00 bits per heavy atom. The third kappa shape index (κ3) is 8.34. The van der Waals surface area contributed by atoms with Crippen LogP contribution in [-0.4, -0.2) is 57.5 Å². The van der Waals surface area contributed by atoms with Crippen molar-refractivity contribution in [1.29, 1.82) is 0 Å². The minimum Gasteiger partial charge on any atom is -0.378 e. The number of nitro groups is 1. The van der Waals surface area contributed by atoms with Crippen molar-refractivity contribution in [1.82, 2.24) is 10.6 Å². The van der Waals surface area contributed by atoms with Crippen LogP contribution in [0.1, 0.15) is 13.3 Å². The fraction of sp³-hybridized carbons (Fsp3) is 0.533. The zero-order chi connectivity index (χ0) is 18.9. The predicted octanol–water partition coefficient (Wildman–Crippen LogP) is 0.995. The van der Waals surface area contributed by atoms with Crippen molar-refractivity contribution in [3.8, 4) is 0 Å². The smallest absolute Gasteiger partial charge is 0.292 e. The normalized spacial score (nSPS) is 13.2.